The average Bonchev–Trinajstić information content (AvgIpc) is 3.29. The molecule has 4 amide bonds. The van der Waals surface area contributed by atoms with Gasteiger partial charge < -0.3 is 30.6 Å². The van der Waals surface area contributed by atoms with Crippen molar-refractivity contribution in [1.82, 2.24) is 25.8 Å². The van der Waals surface area contributed by atoms with Crippen LogP contribution in [0.4, 0.5) is 4.79 Å². The van der Waals surface area contributed by atoms with Gasteiger partial charge >= 0.3 is 41.6 Å². The van der Waals surface area contributed by atoms with Crippen LogP contribution in [0.3, 0.4) is 0 Å². The molecule has 0 spiro atoms. The van der Waals surface area contributed by atoms with Crippen LogP contribution in [0.5, 0.6) is 0 Å². The van der Waals surface area contributed by atoms with E-state index in [9.17, 15) is 29.1 Å². The number of amides is 4. The zero-order chi connectivity index (χ0) is 26.0. The molecule has 12 nitrogen and oxygen atoms in total. The van der Waals surface area contributed by atoms with E-state index >= 15 is 0 Å². The molecule has 15 heteroatoms. The van der Waals surface area contributed by atoms with Crippen LogP contribution in [0.1, 0.15) is 18.5 Å². The molecule has 3 aliphatic heterocycles. The zero-order valence-electron chi connectivity index (χ0n) is 20.0. The van der Waals surface area contributed by atoms with Gasteiger partial charge in [0.2, 0.25) is 5.91 Å². The Morgan fingerprint density at radius 3 is 2.57 bits per heavy atom. The van der Waals surface area contributed by atoms with Crippen LogP contribution in [-0.2, 0) is 23.9 Å². The van der Waals surface area contributed by atoms with Crippen molar-refractivity contribution >= 4 is 58.9 Å². The molecule has 2 fully saturated rings. The van der Waals surface area contributed by atoms with E-state index < -0.39 is 41.2 Å². The van der Waals surface area contributed by atoms with E-state index in [2.05, 4.69) is 16.0 Å². The van der Waals surface area contributed by atoms with Crippen molar-refractivity contribution in [3.63, 3.8) is 0 Å². The van der Waals surface area contributed by atoms with Crippen molar-refractivity contribution in [3.8, 4) is 0 Å². The number of nitrogens with zero attached hydrogens (tertiary/aromatic N) is 2. The molecule has 1 unspecified atom stereocenters. The second-order valence-electron chi connectivity index (χ2n) is 8.09. The molecule has 37 heavy (non-hydrogen) atoms. The Balaban J connectivity index is 0.00000380. The van der Waals surface area contributed by atoms with Crippen LogP contribution in [-0.4, -0.2) is 81.6 Å². The molecule has 3 atom stereocenters. The van der Waals surface area contributed by atoms with E-state index in [1.54, 1.807) is 30.3 Å². The molecule has 3 aliphatic rings. The van der Waals surface area contributed by atoms with Crippen molar-refractivity contribution in [2.24, 2.45) is 0 Å². The number of esters is 1. The number of hydrogen-bond donors (Lipinski definition) is 3. The minimum Gasteiger partial charge on any atom is -0.543 e. The number of ether oxygens (including phenoxy) is 1. The van der Waals surface area contributed by atoms with E-state index in [0.717, 1.165) is 4.90 Å². The van der Waals surface area contributed by atoms with Gasteiger partial charge in [-0.15, -0.1) is 11.8 Å². The smallest absolute Gasteiger partial charge is 0.543 e. The largest absolute Gasteiger partial charge is 1.00 e. The third-order valence-corrected chi connectivity index (χ3v) is 7.43. The summed E-state index contributed by atoms with van der Waals surface area (Å²) in [5, 5.41) is 19.4. The fourth-order valence-corrected chi connectivity index (χ4v) is 5.64. The van der Waals surface area contributed by atoms with Crippen LogP contribution in [0.25, 0.3) is 0 Å². The van der Waals surface area contributed by atoms with Crippen molar-refractivity contribution in [2.75, 3.05) is 25.4 Å². The maximum Gasteiger partial charge on any atom is 1.00 e. The summed E-state index contributed by atoms with van der Waals surface area (Å²) in [6.45, 7) is 1.68. The standard InChI is InChI=1S/C22H23N5O7S2.Na/c1-11(28)34-9-13-10-36-19-15(18(30)27(19)16(13)20(31)32)24-17(29)14(12-5-3-2-4-6-12)25-22(35)26-8-7-23-21(26)33;/h2-6,14-15,19H,7-10H2,1H3,(H,23,33)(H,24,29)(H,25,35)(H,31,32);/q;+1/p-1/t14-,15?,19-;/m1./s1. The van der Waals surface area contributed by atoms with Crippen molar-refractivity contribution in [3.05, 3.63) is 47.2 Å². The number of thioether (sulfide) groups is 1. The van der Waals surface area contributed by atoms with Gasteiger partial charge in [0.1, 0.15) is 24.1 Å². The summed E-state index contributed by atoms with van der Waals surface area (Å²) in [4.78, 5) is 63.5. The number of urea groups is 1. The topological polar surface area (TPSA) is 160 Å². The predicted molar refractivity (Wildman–Crippen MR) is 129 cm³/mol. The van der Waals surface area contributed by atoms with Crippen LogP contribution < -0.4 is 50.6 Å². The van der Waals surface area contributed by atoms with Gasteiger partial charge in [0, 0.05) is 31.3 Å². The third kappa shape index (κ3) is 6.09. The fourth-order valence-electron chi connectivity index (χ4n) is 4.02. The summed E-state index contributed by atoms with van der Waals surface area (Å²) in [6.07, 6.45) is 0. The summed E-state index contributed by atoms with van der Waals surface area (Å²) in [5.74, 6) is -3.19. The van der Waals surface area contributed by atoms with Crippen LogP contribution >= 0.6 is 24.0 Å². The number of benzene rings is 1. The van der Waals surface area contributed by atoms with Gasteiger partial charge in [-0.1, -0.05) is 30.3 Å². The molecule has 190 valence electrons. The quantitative estimate of drug-likeness (QED) is 0.130. The summed E-state index contributed by atoms with van der Waals surface area (Å²) < 4.78 is 4.90. The molecule has 0 radical (unpaired) electrons. The molecular formula is C22H22N5NaO7S2. The fraction of sp³-hybridized carbons (Fsp3) is 0.364. The first-order valence-electron chi connectivity index (χ1n) is 10.9. The van der Waals surface area contributed by atoms with E-state index in [4.69, 9.17) is 17.0 Å². The number of carboxylic acid groups (broad SMARTS) is 1. The van der Waals surface area contributed by atoms with Gasteiger partial charge in [0.05, 0.1) is 11.7 Å². The molecule has 3 heterocycles. The number of β-lactam (4-membered cyclic amide) rings is 1. The molecule has 3 N–H and O–H groups in total. The molecule has 1 aromatic rings. The molecule has 0 saturated carbocycles. The molecule has 0 bridgehead atoms. The monoisotopic (exact) mass is 555 g/mol. The Morgan fingerprint density at radius 2 is 1.97 bits per heavy atom. The Labute approximate surface area is 243 Å². The van der Waals surface area contributed by atoms with Gasteiger partial charge in [-0.05, 0) is 17.8 Å². The number of carbonyl (C=O) groups is 5. The summed E-state index contributed by atoms with van der Waals surface area (Å²) in [5.41, 5.74) is 0.438. The van der Waals surface area contributed by atoms with Gasteiger partial charge in [-0.3, -0.25) is 24.2 Å². The number of carbonyl (C=O) groups excluding carboxylic acids is 5. The Hall–Kier alpha value is -2.65. The second-order valence-corrected chi connectivity index (χ2v) is 9.58. The van der Waals surface area contributed by atoms with E-state index in [0.29, 0.717) is 18.7 Å². The molecular weight excluding hydrogens is 533 g/mol. The van der Waals surface area contributed by atoms with Crippen molar-refractivity contribution in [2.45, 2.75) is 24.4 Å². The van der Waals surface area contributed by atoms with Crippen LogP contribution in [0.2, 0.25) is 0 Å². The Kier molecular flexibility index (Phi) is 9.58. The maximum absolute atomic E-state index is 13.3. The summed E-state index contributed by atoms with van der Waals surface area (Å²) >= 11 is 6.57. The summed E-state index contributed by atoms with van der Waals surface area (Å²) in [7, 11) is 0. The molecule has 0 aliphatic carbocycles. The van der Waals surface area contributed by atoms with Crippen molar-refractivity contribution < 1.29 is 63.4 Å². The molecule has 4 rings (SSSR count). The van der Waals surface area contributed by atoms with Crippen molar-refractivity contribution in [1.29, 1.82) is 0 Å². The number of rotatable bonds is 7. The van der Waals surface area contributed by atoms with E-state index in [-0.39, 0.29) is 64.3 Å². The summed E-state index contributed by atoms with van der Waals surface area (Å²) in [6, 6.07) is 6.25. The number of fused-ring (bicyclic) bond motifs is 1. The number of hydrogen-bond acceptors (Lipinski definition) is 9. The minimum absolute atomic E-state index is 0. The number of carboxylic acids is 1. The van der Waals surface area contributed by atoms with Gasteiger partial charge in [-0.25, -0.2) is 4.79 Å². The normalized spacial score (nSPS) is 21.1. The number of nitrogens with one attached hydrogen (secondary N) is 3. The van der Waals surface area contributed by atoms with Gasteiger partial charge in [-0.2, -0.15) is 0 Å². The van der Waals surface area contributed by atoms with E-state index in [1.165, 1.54) is 23.6 Å². The number of thiocarbonyl (C=S) groups is 1. The maximum atomic E-state index is 13.3. The predicted octanol–water partition coefficient (Wildman–Crippen LogP) is -4.40. The van der Waals surface area contributed by atoms with Crippen LogP contribution in [0.15, 0.2) is 41.6 Å². The Morgan fingerprint density at radius 1 is 1.27 bits per heavy atom. The molecule has 0 aromatic heterocycles. The SMILES string of the molecule is CC(=O)OCC1=C(C(=O)[O-])N2C(=O)C(NC(=O)[C@H](NC(=S)N3CCNC3=O)c3ccccc3)[C@H]2SC1.[Na+]. The zero-order valence-corrected chi connectivity index (χ0v) is 23.6. The van der Waals surface area contributed by atoms with E-state index in [1.807, 2.05) is 0 Å². The second kappa shape index (κ2) is 12.3. The first-order valence-corrected chi connectivity index (χ1v) is 12.4. The average molecular weight is 556 g/mol. The van der Waals surface area contributed by atoms with Gasteiger partial charge in [0.25, 0.3) is 5.91 Å². The van der Waals surface area contributed by atoms with Gasteiger partial charge in [0.15, 0.2) is 5.11 Å². The van der Waals surface area contributed by atoms with Crippen LogP contribution in [0, 0.1) is 0 Å². The first kappa shape index (κ1) is 28.9. The molecule has 1 aromatic carbocycles. The Bertz CT molecular complexity index is 1170. The molecule has 2 saturated heterocycles. The first-order chi connectivity index (χ1) is 17.2. The number of aliphatic carboxylic acids is 1. The third-order valence-electron chi connectivity index (χ3n) is 5.75. The minimum atomic E-state index is -1.57.